The van der Waals surface area contributed by atoms with Gasteiger partial charge in [0.25, 0.3) is 0 Å². The summed E-state index contributed by atoms with van der Waals surface area (Å²) in [6, 6.07) is 19.7. The van der Waals surface area contributed by atoms with Gasteiger partial charge in [-0.25, -0.2) is 24.0 Å². The van der Waals surface area contributed by atoms with Crippen molar-refractivity contribution in [1.82, 2.24) is 24.9 Å². The maximum Gasteiger partial charge on any atom is 0.410 e. The molecule has 0 bridgehead atoms. The number of likely N-dealkylation sites (tertiary alicyclic amines) is 4. The minimum absolute atomic E-state index is 0. The molecule has 0 saturated carbocycles. The Morgan fingerprint density at radius 3 is 1.02 bits per heavy atom. The summed E-state index contributed by atoms with van der Waals surface area (Å²) >= 11 is 0. The molecule has 0 spiro atoms. The number of esters is 6. The van der Waals surface area contributed by atoms with Gasteiger partial charge in [0.05, 0.1) is 69.9 Å². The van der Waals surface area contributed by atoms with Crippen LogP contribution in [0.1, 0.15) is 151 Å². The van der Waals surface area contributed by atoms with Gasteiger partial charge in [-0.1, -0.05) is 96.3 Å². The van der Waals surface area contributed by atoms with Crippen LogP contribution >= 0.6 is 0 Å². The first-order chi connectivity index (χ1) is 51.0. The van der Waals surface area contributed by atoms with Gasteiger partial charge in [-0.3, -0.25) is 28.9 Å². The Bertz CT molecular complexity index is 2960. The van der Waals surface area contributed by atoms with Crippen molar-refractivity contribution in [1.29, 1.82) is 0 Å². The third kappa shape index (κ3) is 43.7. The van der Waals surface area contributed by atoms with Crippen LogP contribution in [0.2, 0.25) is 18.1 Å². The highest BCUT2D eigenvalue weighted by atomic mass is 28.4. The lowest BCUT2D eigenvalue weighted by Crippen LogP contribution is -2.43. The number of carbonyl (C=O) groups excluding carboxylic acids is 9. The van der Waals surface area contributed by atoms with Gasteiger partial charge in [-0.2, -0.15) is 0 Å². The Labute approximate surface area is 661 Å². The van der Waals surface area contributed by atoms with Gasteiger partial charge in [0.1, 0.15) is 16.8 Å². The lowest BCUT2D eigenvalue weighted by molar-refractivity contribution is -0.157. The van der Waals surface area contributed by atoms with Crippen molar-refractivity contribution in [2.45, 2.75) is 188 Å². The minimum Gasteiger partial charge on any atom is -0.480 e. The number of benzene rings is 2. The number of rotatable bonds is 24. The minimum atomic E-state index is -1.82. The van der Waals surface area contributed by atoms with Crippen molar-refractivity contribution < 1.29 is 121 Å². The van der Waals surface area contributed by atoms with E-state index >= 15 is 0 Å². The average molecular weight is 1600 g/mol. The molecule has 6 N–H and O–H groups in total. The van der Waals surface area contributed by atoms with Crippen LogP contribution in [0.25, 0.3) is 0 Å². The molecule has 4 aliphatic heterocycles. The Morgan fingerprint density at radius 2 is 0.730 bits per heavy atom. The van der Waals surface area contributed by atoms with Gasteiger partial charge < -0.3 is 92.6 Å². The molecule has 31 heteroatoms. The van der Waals surface area contributed by atoms with E-state index in [1.807, 2.05) is 102 Å². The molecular formula is C80H139N5O25Si. The van der Waals surface area contributed by atoms with Crippen LogP contribution in [0, 0.1) is 47.3 Å². The van der Waals surface area contributed by atoms with E-state index in [1.54, 1.807) is 72.1 Å². The molecule has 0 unspecified atom stereocenters. The summed E-state index contributed by atoms with van der Waals surface area (Å²) in [5.41, 5.74) is 0.608. The predicted octanol–water partition coefficient (Wildman–Crippen LogP) is 9.80. The topological polar surface area (TPSA) is 389 Å². The fourth-order valence-corrected chi connectivity index (χ4v) is 11.7. The number of nitrogens with zero attached hydrogens (tertiary/aromatic N) is 4. The largest absolute Gasteiger partial charge is 0.480 e. The SMILES string of the molecule is C.C.CC(C)(C)OC(=O)N1C[C@@H](CO)[C@H](CO)C1.CC(C)(C)OC(=O)N1C[C@@H](CO)[C@H](CO[Si](C)(C)C(C)(C)C)C1.CCOC(=O)/C=C/C(=O)OCC.CCOC(=O)[C@@H]1CN(C(=O)OC(C)(C)C)C[C@H]1C(=O)OCC.CCOC(=O)[C@@H]1CN(Cc2ccccc2)C[C@H]1C(=O)OCC.CO.O=C(O)CNCc1ccccc1. The molecule has 0 aromatic heterocycles. The summed E-state index contributed by atoms with van der Waals surface area (Å²) in [7, 11) is -0.819. The molecule has 0 radical (unpaired) electrons. The number of aliphatic hydroxyl groups is 4. The molecule has 2 aromatic carbocycles. The zero-order valence-corrected chi connectivity index (χ0v) is 69.6. The molecule has 4 fully saturated rings. The quantitative estimate of drug-likeness (QED) is 0.0246. The molecule has 6 rings (SSSR count). The zero-order valence-electron chi connectivity index (χ0n) is 68.6. The smallest absolute Gasteiger partial charge is 0.410 e. The highest BCUT2D eigenvalue weighted by Crippen LogP contribution is 2.38. The Balaban J connectivity index is -0.00000127. The predicted molar refractivity (Wildman–Crippen MR) is 424 cm³/mol. The number of aliphatic hydroxyl groups excluding tert-OH is 4. The molecular weight excluding hydrogens is 1460 g/mol. The second-order valence-electron chi connectivity index (χ2n) is 30.2. The van der Waals surface area contributed by atoms with E-state index in [0.29, 0.717) is 85.4 Å². The van der Waals surface area contributed by atoms with E-state index in [2.05, 4.69) is 53.6 Å². The molecule has 8 atom stereocenters. The van der Waals surface area contributed by atoms with Gasteiger partial charge in [-0.15, -0.1) is 0 Å². The van der Waals surface area contributed by atoms with Gasteiger partial charge in [0.15, 0.2) is 8.32 Å². The van der Waals surface area contributed by atoms with Gasteiger partial charge in [0.2, 0.25) is 0 Å². The highest BCUT2D eigenvalue weighted by molar-refractivity contribution is 6.74. The van der Waals surface area contributed by atoms with Crippen LogP contribution in [0.5, 0.6) is 0 Å². The van der Waals surface area contributed by atoms with E-state index in [9.17, 15) is 53.1 Å². The summed E-state index contributed by atoms with van der Waals surface area (Å²) in [6.45, 7) is 44.6. The molecule has 0 aliphatic carbocycles. The number of amides is 3. The fraction of sp³-hybridized carbons (Fsp3) is 0.700. The number of hydrogen-bond donors (Lipinski definition) is 6. The molecule has 638 valence electrons. The summed E-state index contributed by atoms with van der Waals surface area (Å²) in [4.78, 5) is 122. The van der Waals surface area contributed by atoms with Crippen molar-refractivity contribution in [3.63, 3.8) is 0 Å². The number of hydrogen-bond acceptors (Lipinski definition) is 26. The maximum absolute atomic E-state index is 12.2. The normalized spacial score (nSPS) is 19.2. The number of nitrogens with one attached hydrogen (secondary N) is 1. The lowest BCUT2D eigenvalue weighted by Gasteiger charge is -2.37. The van der Waals surface area contributed by atoms with Crippen molar-refractivity contribution >= 4 is 68.4 Å². The van der Waals surface area contributed by atoms with Crippen LogP contribution in [0.4, 0.5) is 14.4 Å². The van der Waals surface area contributed by atoms with Gasteiger partial charge in [-0.05, 0) is 133 Å². The first-order valence-electron chi connectivity index (χ1n) is 37.2. The van der Waals surface area contributed by atoms with E-state index < -0.39 is 84.7 Å². The van der Waals surface area contributed by atoms with Crippen LogP contribution in [-0.2, 0) is 93.7 Å². The highest BCUT2D eigenvalue weighted by Gasteiger charge is 2.48. The number of aliphatic carboxylic acids is 1. The molecule has 30 nitrogen and oxygen atoms in total. The number of carboxylic acids is 1. The number of carbonyl (C=O) groups is 10. The van der Waals surface area contributed by atoms with Crippen molar-refractivity contribution in [2.75, 3.05) is 132 Å². The van der Waals surface area contributed by atoms with Crippen LogP contribution in [0.3, 0.4) is 0 Å². The zero-order chi connectivity index (χ0) is 83.5. The average Bonchev–Trinajstić information content (AvgIpc) is 1.75. The second kappa shape index (κ2) is 54.8. The van der Waals surface area contributed by atoms with Crippen LogP contribution in [0.15, 0.2) is 72.8 Å². The van der Waals surface area contributed by atoms with E-state index in [1.165, 1.54) is 4.90 Å². The van der Waals surface area contributed by atoms with E-state index in [0.717, 1.165) is 30.4 Å². The fourth-order valence-electron chi connectivity index (χ4n) is 10.7. The van der Waals surface area contributed by atoms with Gasteiger partial charge in [0, 0.05) is 135 Å². The maximum atomic E-state index is 12.2. The molecule has 4 saturated heterocycles. The van der Waals surface area contributed by atoms with Crippen molar-refractivity contribution in [2.24, 2.45) is 47.3 Å². The number of carboxylic acid groups (broad SMARTS) is 1. The monoisotopic (exact) mass is 1600 g/mol. The summed E-state index contributed by atoms with van der Waals surface area (Å²) in [5.74, 6) is -5.68. The van der Waals surface area contributed by atoms with E-state index in [-0.39, 0.29) is 120 Å². The molecule has 3 amide bonds. The second-order valence-corrected chi connectivity index (χ2v) is 35.1. The number of ether oxygens (including phenoxy) is 9. The Hall–Kier alpha value is -7.78. The summed E-state index contributed by atoms with van der Waals surface area (Å²) in [5, 5.41) is 46.1. The van der Waals surface area contributed by atoms with Crippen molar-refractivity contribution in [3.05, 3.63) is 83.9 Å². The Kier molecular flexibility index (Phi) is 53.0. The molecule has 4 heterocycles. The third-order valence-corrected chi connectivity index (χ3v) is 21.5. The van der Waals surface area contributed by atoms with Gasteiger partial charge >= 0.3 is 60.1 Å². The third-order valence-electron chi connectivity index (χ3n) is 17.0. The van der Waals surface area contributed by atoms with Crippen LogP contribution < -0.4 is 5.32 Å². The summed E-state index contributed by atoms with van der Waals surface area (Å²) < 4.78 is 51.5. The standard InChI is InChI=1S/C17H35NO4Si.C17H23NO4.C15H25NO6.C11H21NO4.C9H11NO2.C8H12O4.CH4O.2CH4/c1-16(2,3)22-15(20)18-9-13(11-19)14(10-18)12-21-23(7,8)17(4,5)6;1-3-21-16(19)14-11-18(10-13-8-6-5-7-9-13)12-15(14)17(20)22-4-2;1-6-20-12(17)10-8-16(14(19)22-15(3,4)5)9-11(10)13(18)21-7-2;1-11(2,3)16-10(15)12-4-8(6-13)9(5-12)7-14;11-9(12)7-10-6-8-4-2-1-3-5-8;1-3-11-7(9)5-6-8(10)12-4-2;1-2;;/h13-14,19H,9-12H2,1-8H3;5-9,14-15H,3-4,10-12H2,1-2H3;10-11H,6-9H2,1-5H3;8-9,13-14H,4-7H2,1-3H3;1-5,10H,6-7H2,(H,11,12);5-6H,3-4H2,1-2H3;2H,1H3;2*1H4/b;;;;;6-5+;;;/t13-,14-;14-,15-;10-,11-;8-,9-;;;;;/m0110...../s1. The molecule has 111 heavy (non-hydrogen) atoms. The molecule has 4 aliphatic rings. The first kappa shape index (κ1) is 107. The lowest BCUT2D eigenvalue weighted by atomic mass is 9.96. The van der Waals surface area contributed by atoms with E-state index in [4.69, 9.17) is 58.0 Å². The molecule has 2 aromatic rings. The summed E-state index contributed by atoms with van der Waals surface area (Å²) in [6.07, 6.45) is 0.865. The van der Waals surface area contributed by atoms with Crippen molar-refractivity contribution in [3.8, 4) is 0 Å². The first-order valence-corrected chi connectivity index (χ1v) is 40.1. The Morgan fingerprint density at radius 1 is 0.441 bits per heavy atom. The van der Waals surface area contributed by atoms with Crippen LogP contribution in [-0.4, -0.2) is 262 Å².